The van der Waals surface area contributed by atoms with Crippen molar-refractivity contribution >= 4 is 5.97 Å². The van der Waals surface area contributed by atoms with Gasteiger partial charge in [0.1, 0.15) is 0 Å². The molecule has 0 heterocycles. The number of benzene rings is 1. The van der Waals surface area contributed by atoms with Gasteiger partial charge in [-0.15, -0.1) is 0 Å². The van der Waals surface area contributed by atoms with Crippen molar-refractivity contribution in [2.24, 2.45) is 0 Å². The van der Waals surface area contributed by atoms with Gasteiger partial charge in [0.25, 0.3) is 0 Å². The van der Waals surface area contributed by atoms with Gasteiger partial charge in [0, 0.05) is 6.42 Å². The molecule has 18 heavy (non-hydrogen) atoms. The molecule has 0 aliphatic heterocycles. The van der Waals surface area contributed by atoms with Crippen LogP contribution in [-0.2, 0) is 20.7 Å². The topological polar surface area (TPSA) is 35.5 Å². The molecule has 0 atom stereocenters. The minimum absolute atomic E-state index is 0.131. The molecule has 1 rings (SSSR count). The number of rotatable bonds is 6. The monoisotopic (exact) mass is 250 g/mol. The molecule has 0 radical (unpaired) electrons. The molecule has 0 bridgehead atoms. The van der Waals surface area contributed by atoms with Crippen LogP contribution in [0.15, 0.2) is 30.3 Å². The smallest absolute Gasteiger partial charge is 0.310 e. The Balaban J connectivity index is 2.11. The second-order valence-corrected chi connectivity index (χ2v) is 5.20. The largest absolute Gasteiger partial charge is 0.465 e. The SMILES string of the molecule is CC(C)(C)OCCCOC(=O)Cc1ccccc1. The van der Waals surface area contributed by atoms with Crippen LogP contribution < -0.4 is 0 Å². The second kappa shape index (κ2) is 7.17. The number of esters is 1. The van der Waals surface area contributed by atoms with Crippen molar-refractivity contribution in [1.29, 1.82) is 0 Å². The van der Waals surface area contributed by atoms with Gasteiger partial charge in [-0.3, -0.25) is 4.79 Å². The lowest BCUT2D eigenvalue weighted by Crippen LogP contribution is -2.20. The highest BCUT2D eigenvalue weighted by atomic mass is 16.5. The third kappa shape index (κ3) is 7.07. The molecule has 0 saturated carbocycles. The molecule has 0 unspecified atom stereocenters. The Morgan fingerprint density at radius 3 is 2.39 bits per heavy atom. The molecule has 3 heteroatoms. The highest BCUT2D eigenvalue weighted by molar-refractivity contribution is 5.72. The van der Waals surface area contributed by atoms with E-state index in [1.807, 2.05) is 51.1 Å². The minimum atomic E-state index is -0.183. The molecule has 1 aromatic rings. The van der Waals surface area contributed by atoms with Gasteiger partial charge in [0.05, 0.1) is 25.2 Å². The fourth-order valence-electron chi connectivity index (χ4n) is 1.44. The van der Waals surface area contributed by atoms with E-state index in [1.54, 1.807) is 0 Å². The van der Waals surface area contributed by atoms with Crippen molar-refractivity contribution in [3.05, 3.63) is 35.9 Å². The van der Waals surface area contributed by atoms with E-state index < -0.39 is 0 Å². The van der Waals surface area contributed by atoms with Gasteiger partial charge in [-0.25, -0.2) is 0 Å². The number of carbonyl (C=O) groups is 1. The molecular formula is C15H22O3. The van der Waals surface area contributed by atoms with E-state index in [1.165, 1.54) is 0 Å². The van der Waals surface area contributed by atoms with Crippen molar-refractivity contribution in [2.75, 3.05) is 13.2 Å². The van der Waals surface area contributed by atoms with Gasteiger partial charge in [-0.05, 0) is 26.3 Å². The highest BCUT2D eigenvalue weighted by Crippen LogP contribution is 2.07. The first kappa shape index (κ1) is 14.7. The average Bonchev–Trinajstić information content (AvgIpc) is 2.28. The summed E-state index contributed by atoms with van der Waals surface area (Å²) in [6, 6.07) is 9.60. The lowest BCUT2D eigenvalue weighted by molar-refractivity contribution is -0.143. The zero-order valence-corrected chi connectivity index (χ0v) is 11.4. The van der Waals surface area contributed by atoms with Crippen molar-refractivity contribution in [3.63, 3.8) is 0 Å². The van der Waals surface area contributed by atoms with Crippen LogP contribution in [0.25, 0.3) is 0 Å². The normalized spacial score (nSPS) is 11.3. The Bertz CT molecular complexity index is 352. The van der Waals surface area contributed by atoms with Crippen LogP contribution in [0, 0.1) is 0 Å². The lowest BCUT2D eigenvalue weighted by Gasteiger charge is -2.19. The summed E-state index contributed by atoms with van der Waals surface area (Å²) >= 11 is 0. The van der Waals surface area contributed by atoms with Gasteiger partial charge < -0.3 is 9.47 Å². The summed E-state index contributed by atoms with van der Waals surface area (Å²) in [5, 5.41) is 0. The Labute approximate surface area is 109 Å². The standard InChI is InChI=1S/C15H22O3/c1-15(2,3)18-11-7-10-17-14(16)12-13-8-5-4-6-9-13/h4-6,8-9H,7,10-12H2,1-3H3. The number of ether oxygens (including phenoxy) is 2. The van der Waals surface area contributed by atoms with Crippen molar-refractivity contribution in [3.8, 4) is 0 Å². The predicted molar refractivity (Wildman–Crippen MR) is 71.4 cm³/mol. The summed E-state index contributed by atoms with van der Waals surface area (Å²) in [6.45, 7) is 7.06. The van der Waals surface area contributed by atoms with Crippen LogP contribution in [-0.4, -0.2) is 24.8 Å². The van der Waals surface area contributed by atoms with Crippen LogP contribution in [0.3, 0.4) is 0 Å². The molecular weight excluding hydrogens is 228 g/mol. The highest BCUT2D eigenvalue weighted by Gasteiger charge is 2.09. The summed E-state index contributed by atoms with van der Waals surface area (Å²) in [6.07, 6.45) is 1.07. The Kier molecular flexibility index (Phi) is 5.86. The fourth-order valence-corrected chi connectivity index (χ4v) is 1.44. The summed E-state index contributed by atoms with van der Waals surface area (Å²) in [7, 11) is 0. The van der Waals surface area contributed by atoms with E-state index >= 15 is 0 Å². The third-order valence-electron chi connectivity index (χ3n) is 2.28. The van der Waals surface area contributed by atoms with Gasteiger partial charge in [-0.1, -0.05) is 30.3 Å². The van der Waals surface area contributed by atoms with Crippen LogP contribution in [0.4, 0.5) is 0 Å². The Morgan fingerprint density at radius 2 is 1.78 bits per heavy atom. The van der Waals surface area contributed by atoms with Crippen molar-refractivity contribution in [1.82, 2.24) is 0 Å². The zero-order chi connectivity index (χ0) is 13.4. The number of hydrogen-bond donors (Lipinski definition) is 0. The van der Waals surface area contributed by atoms with Gasteiger partial charge >= 0.3 is 5.97 Å². The summed E-state index contributed by atoms with van der Waals surface area (Å²) < 4.78 is 10.7. The molecule has 100 valence electrons. The molecule has 0 aliphatic carbocycles. The van der Waals surface area contributed by atoms with Crippen LogP contribution in [0.1, 0.15) is 32.8 Å². The van der Waals surface area contributed by atoms with Crippen LogP contribution in [0.2, 0.25) is 0 Å². The quantitative estimate of drug-likeness (QED) is 0.575. The lowest BCUT2D eigenvalue weighted by atomic mass is 10.2. The molecule has 3 nitrogen and oxygen atoms in total. The molecule has 0 amide bonds. The Hall–Kier alpha value is -1.35. The first-order valence-corrected chi connectivity index (χ1v) is 6.31. The maximum atomic E-state index is 11.5. The van der Waals surface area contributed by atoms with E-state index in [4.69, 9.17) is 9.47 Å². The van der Waals surface area contributed by atoms with Crippen LogP contribution >= 0.6 is 0 Å². The van der Waals surface area contributed by atoms with Gasteiger partial charge in [0.15, 0.2) is 0 Å². The maximum absolute atomic E-state index is 11.5. The van der Waals surface area contributed by atoms with E-state index in [0.717, 1.165) is 12.0 Å². The van der Waals surface area contributed by atoms with E-state index in [2.05, 4.69) is 0 Å². The molecule has 0 saturated heterocycles. The minimum Gasteiger partial charge on any atom is -0.465 e. The molecule has 0 aliphatic rings. The second-order valence-electron chi connectivity index (χ2n) is 5.20. The molecule has 0 N–H and O–H groups in total. The zero-order valence-electron chi connectivity index (χ0n) is 11.4. The molecule has 0 fully saturated rings. The third-order valence-corrected chi connectivity index (χ3v) is 2.28. The van der Waals surface area contributed by atoms with E-state index in [9.17, 15) is 4.79 Å². The van der Waals surface area contributed by atoms with E-state index in [0.29, 0.717) is 19.6 Å². The van der Waals surface area contributed by atoms with Crippen LogP contribution in [0.5, 0.6) is 0 Å². The van der Waals surface area contributed by atoms with Gasteiger partial charge in [0.2, 0.25) is 0 Å². The first-order chi connectivity index (χ1) is 8.47. The number of hydrogen-bond acceptors (Lipinski definition) is 3. The summed E-state index contributed by atoms with van der Waals surface area (Å²) in [5.41, 5.74) is 0.849. The van der Waals surface area contributed by atoms with Crippen molar-refractivity contribution < 1.29 is 14.3 Å². The maximum Gasteiger partial charge on any atom is 0.310 e. The van der Waals surface area contributed by atoms with E-state index in [-0.39, 0.29) is 11.6 Å². The molecule has 0 spiro atoms. The molecule has 0 aromatic heterocycles. The number of carbonyl (C=O) groups excluding carboxylic acids is 1. The Morgan fingerprint density at radius 1 is 1.11 bits per heavy atom. The average molecular weight is 250 g/mol. The fraction of sp³-hybridized carbons (Fsp3) is 0.533. The predicted octanol–water partition coefficient (Wildman–Crippen LogP) is 2.98. The molecule has 1 aromatic carbocycles. The summed E-state index contributed by atoms with van der Waals surface area (Å²) in [5.74, 6) is -0.183. The van der Waals surface area contributed by atoms with Gasteiger partial charge in [-0.2, -0.15) is 0 Å². The van der Waals surface area contributed by atoms with Crippen molar-refractivity contribution in [2.45, 2.75) is 39.2 Å². The summed E-state index contributed by atoms with van der Waals surface area (Å²) in [4.78, 5) is 11.5. The first-order valence-electron chi connectivity index (χ1n) is 6.31.